The SMILES string of the molecule is CCNCc1cc(Br)ccc1SCc1cccc(C)c1. The molecule has 0 heterocycles. The Bertz CT molecular complexity index is 569. The summed E-state index contributed by atoms with van der Waals surface area (Å²) in [6.07, 6.45) is 0. The first-order valence-electron chi connectivity index (χ1n) is 6.86. The van der Waals surface area contributed by atoms with Gasteiger partial charge in [-0.25, -0.2) is 0 Å². The van der Waals surface area contributed by atoms with Gasteiger partial charge in [-0.3, -0.25) is 0 Å². The molecule has 2 aromatic rings. The van der Waals surface area contributed by atoms with Crippen LogP contribution in [0.4, 0.5) is 0 Å². The molecule has 0 saturated heterocycles. The van der Waals surface area contributed by atoms with Crippen molar-refractivity contribution < 1.29 is 0 Å². The highest BCUT2D eigenvalue weighted by Gasteiger charge is 2.04. The van der Waals surface area contributed by atoms with Crippen molar-refractivity contribution in [3.63, 3.8) is 0 Å². The first-order valence-corrected chi connectivity index (χ1v) is 8.64. The second kappa shape index (κ2) is 7.87. The van der Waals surface area contributed by atoms with Crippen molar-refractivity contribution in [2.24, 2.45) is 0 Å². The summed E-state index contributed by atoms with van der Waals surface area (Å²) in [6.45, 7) is 6.20. The Kier molecular flexibility index (Phi) is 6.14. The summed E-state index contributed by atoms with van der Waals surface area (Å²) in [5.74, 6) is 1.02. The Balaban J connectivity index is 2.08. The van der Waals surface area contributed by atoms with Gasteiger partial charge in [0, 0.05) is 21.7 Å². The third kappa shape index (κ3) is 4.65. The van der Waals surface area contributed by atoms with E-state index in [0.717, 1.165) is 23.3 Å². The van der Waals surface area contributed by atoms with Crippen LogP contribution in [-0.4, -0.2) is 6.54 Å². The minimum absolute atomic E-state index is 0.923. The van der Waals surface area contributed by atoms with E-state index in [9.17, 15) is 0 Å². The maximum atomic E-state index is 3.56. The van der Waals surface area contributed by atoms with Gasteiger partial charge in [-0.05, 0) is 42.8 Å². The molecule has 0 amide bonds. The maximum absolute atomic E-state index is 3.56. The van der Waals surface area contributed by atoms with Crippen LogP contribution in [0.15, 0.2) is 51.8 Å². The van der Waals surface area contributed by atoms with Crippen LogP contribution in [0.5, 0.6) is 0 Å². The molecule has 3 heteroatoms. The smallest absolute Gasteiger partial charge is 0.0232 e. The molecule has 0 aliphatic heterocycles. The van der Waals surface area contributed by atoms with E-state index < -0.39 is 0 Å². The molecular formula is C17H20BrNS. The molecule has 0 aromatic heterocycles. The van der Waals surface area contributed by atoms with Crippen molar-refractivity contribution in [3.05, 3.63) is 63.6 Å². The lowest BCUT2D eigenvalue weighted by Gasteiger charge is -2.11. The van der Waals surface area contributed by atoms with Crippen molar-refractivity contribution in [2.75, 3.05) is 6.54 Å². The van der Waals surface area contributed by atoms with E-state index in [1.165, 1.54) is 21.6 Å². The summed E-state index contributed by atoms with van der Waals surface area (Å²) in [5.41, 5.74) is 4.07. The molecule has 0 atom stereocenters. The highest BCUT2D eigenvalue weighted by atomic mass is 79.9. The molecule has 1 N–H and O–H groups in total. The molecule has 2 aromatic carbocycles. The highest BCUT2D eigenvalue weighted by Crippen LogP contribution is 2.29. The average molecular weight is 350 g/mol. The Labute approximate surface area is 134 Å². The zero-order chi connectivity index (χ0) is 14.4. The summed E-state index contributed by atoms with van der Waals surface area (Å²) in [4.78, 5) is 1.36. The molecule has 0 aliphatic carbocycles. The summed E-state index contributed by atoms with van der Waals surface area (Å²) < 4.78 is 1.14. The van der Waals surface area contributed by atoms with Crippen LogP contribution in [0.25, 0.3) is 0 Å². The average Bonchev–Trinajstić information content (AvgIpc) is 2.44. The number of halogens is 1. The largest absolute Gasteiger partial charge is 0.313 e. The Morgan fingerprint density at radius 2 is 2.00 bits per heavy atom. The lowest BCUT2D eigenvalue weighted by molar-refractivity contribution is 0.717. The summed E-state index contributed by atoms with van der Waals surface area (Å²) >= 11 is 5.46. The Morgan fingerprint density at radius 3 is 2.75 bits per heavy atom. The van der Waals surface area contributed by atoms with E-state index in [4.69, 9.17) is 0 Å². The van der Waals surface area contributed by atoms with Crippen molar-refractivity contribution in [2.45, 2.75) is 31.0 Å². The third-order valence-corrected chi connectivity index (χ3v) is 4.75. The van der Waals surface area contributed by atoms with Crippen molar-refractivity contribution in [3.8, 4) is 0 Å². The molecule has 1 nitrogen and oxygen atoms in total. The van der Waals surface area contributed by atoms with E-state index in [2.05, 4.69) is 77.6 Å². The first-order chi connectivity index (χ1) is 9.69. The number of benzene rings is 2. The molecule has 0 saturated carbocycles. The van der Waals surface area contributed by atoms with Crippen LogP contribution < -0.4 is 5.32 Å². The molecule has 2 rings (SSSR count). The number of hydrogen-bond donors (Lipinski definition) is 1. The summed E-state index contributed by atoms with van der Waals surface area (Å²) in [7, 11) is 0. The van der Waals surface area contributed by atoms with Gasteiger partial charge in [0.2, 0.25) is 0 Å². The number of rotatable bonds is 6. The van der Waals surface area contributed by atoms with Crippen LogP contribution in [0.2, 0.25) is 0 Å². The van der Waals surface area contributed by atoms with Crippen LogP contribution in [-0.2, 0) is 12.3 Å². The lowest BCUT2D eigenvalue weighted by atomic mass is 10.2. The van der Waals surface area contributed by atoms with Crippen LogP contribution >= 0.6 is 27.7 Å². The number of aryl methyl sites for hydroxylation is 1. The van der Waals surface area contributed by atoms with Crippen LogP contribution in [0.3, 0.4) is 0 Å². The third-order valence-electron chi connectivity index (χ3n) is 3.06. The monoisotopic (exact) mass is 349 g/mol. The van der Waals surface area contributed by atoms with Gasteiger partial charge in [0.25, 0.3) is 0 Å². The van der Waals surface area contributed by atoms with E-state index in [0.29, 0.717) is 0 Å². The van der Waals surface area contributed by atoms with Gasteiger partial charge in [-0.1, -0.05) is 52.7 Å². The van der Waals surface area contributed by atoms with E-state index in [1.807, 2.05) is 11.8 Å². The molecule has 106 valence electrons. The second-order valence-corrected chi connectivity index (χ2v) is 6.74. The summed E-state index contributed by atoms with van der Waals surface area (Å²) in [6, 6.07) is 15.3. The zero-order valence-corrected chi connectivity index (χ0v) is 14.4. The molecule has 0 unspecified atom stereocenters. The molecule has 0 aliphatic rings. The molecule has 0 spiro atoms. The van der Waals surface area contributed by atoms with Crippen molar-refractivity contribution in [1.29, 1.82) is 0 Å². The fourth-order valence-corrected chi connectivity index (χ4v) is 3.44. The Morgan fingerprint density at radius 1 is 1.15 bits per heavy atom. The fraction of sp³-hybridized carbons (Fsp3) is 0.294. The zero-order valence-electron chi connectivity index (χ0n) is 11.9. The van der Waals surface area contributed by atoms with Gasteiger partial charge in [0.1, 0.15) is 0 Å². The topological polar surface area (TPSA) is 12.0 Å². The minimum Gasteiger partial charge on any atom is -0.313 e. The van der Waals surface area contributed by atoms with Gasteiger partial charge >= 0.3 is 0 Å². The maximum Gasteiger partial charge on any atom is 0.0232 e. The van der Waals surface area contributed by atoms with E-state index in [-0.39, 0.29) is 0 Å². The van der Waals surface area contributed by atoms with Gasteiger partial charge in [-0.2, -0.15) is 0 Å². The number of thioether (sulfide) groups is 1. The van der Waals surface area contributed by atoms with Gasteiger partial charge in [-0.15, -0.1) is 11.8 Å². The predicted octanol–water partition coefficient (Wildman–Crippen LogP) is 5.16. The van der Waals surface area contributed by atoms with Gasteiger partial charge in [0.15, 0.2) is 0 Å². The van der Waals surface area contributed by atoms with Crippen molar-refractivity contribution >= 4 is 27.7 Å². The highest BCUT2D eigenvalue weighted by molar-refractivity contribution is 9.10. The molecule has 20 heavy (non-hydrogen) atoms. The Hall–Kier alpha value is -0.770. The van der Waals surface area contributed by atoms with E-state index in [1.54, 1.807) is 0 Å². The van der Waals surface area contributed by atoms with E-state index >= 15 is 0 Å². The van der Waals surface area contributed by atoms with Crippen LogP contribution in [0.1, 0.15) is 23.6 Å². The lowest BCUT2D eigenvalue weighted by Crippen LogP contribution is -2.12. The first kappa shape index (κ1) is 15.6. The van der Waals surface area contributed by atoms with Gasteiger partial charge < -0.3 is 5.32 Å². The molecule has 0 bridgehead atoms. The quantitative estimate of drug-likeness (QED) is 0.723. The summed E-state index contributed by atoms with van der Waals surface area (Å²) in [5, 5.41) is 3.41. The van der Waals surface area contributed by atoms with Crippen LogP contribution in [0, 0.1) is 6.92 Å². The molecule has 0 radical (unpaired) electrons. The molecular weight excluding hydrogens is 330 g/mol. The van der Waals surface area contributed by atoms with Gasteiger partial charge in [0.05, 0.1) is 0 Å². The second-order valence-electron chi connectivity index (χ2n) is 4.81. The fourth-order valence-electron chi connectivity index (χ4n) is 2.05. The van der Waals surface area contributed by atoms with Crippen molar-refractivity contribution in [1.82, 2.24) is 5.32 Å². The number of nitrogens with one attached hydrogen (secondary N) is 1. The number of hydrogen-bond acceptors (Lipinski definition) is 2. The standard InChI is InChI=1S/C17H20BrNS/c1-3-19-11-15-10-16(18)7-8-17(15)20-12-14-6-4-5-13(2)9-14/h4-10,19H,3,11-12H2,1-2H3. The molecule has 0 fully saturated rings. The predicted molar refractivity (Wildman–Crippen MR) is 92.3 cm³/mol. The minimum atomic E-state index is 0.923. The normalized spacial score (nSPS) is 10.8.